The molecule has 7 heteroatoms. The average Bonchev–Trinajstić information content (AvgIpc) is 3.00. The summed E-state index contributed by atoms with van der Waals surface area (Å²) in [5, 5.41) is 7.14. The molecular formula is C21H21F2N3O2. The van der Waals surface area contributed by atoms with Crippen molar-refractivity contribution in [2.75, 3.05) is 0 Å². The van der Waals surface area contributed by atoms with E-state index >= 15 is 0 Å². The van der Waals surface area contributed by atoms with Crippen LogP contribution in [0, 0.1) is 18.6 Å². The van der Waals surface area contributed by atoms with Crippen LogP contribution in [0.1, 0.15) is 40.1 Å². The van der Waals surface area contributed by atoms with Crippen molar-refractivity contribution in [3.05, 3.63) is 82.7 Å². The first-order valence-corrected chi connectivity index (χ1v) is 8.81. The number of aryl methyl sites for hydroxylation is 1. The molecule has 1 N–H and O–H groups in total. The fraction of sp³-hybridized carbons (Fsp3) is 0.238. The van der Waals surface area contributed by atoms with E-state index in [0.29, 0.717) is 11.1 Å². The van der Waals surface area contributed by atoms with Crippen molar-refractivity contribution in [1.29, 1.82) is 0 Å². The number of nitrogens with one attached hydrogen (secondary N) is 1. The van der Waals surface area contributed by atoms with Crippen molar-refractivity contribution in [3.8, 4) is 5.75 Å². The van der Waals surface area contributed by atoms with E-state index in [1.807, 2.05) is 20.9 Å². The van der Waals surface area contributed by atoms with Gasteiger partial charge in [0.15, 0.2) is 11.6 Å². The van der Waals surface area contributed by atoms with Crippen LogP contribution in [-0.4, -0.2) is 15.7 Å². The number of hydrogen-bond acceptors (Lipinski definition) is 3. The van der Waals surface area contributed by atoms with E-state index in [2.05, 4.69) is 10.4 Å². The highest BCUT2D eigenvalue weighted by Gasteiger charge is 2.16. The highest BCUT2D eigenvalue weighted by molar-refractivity contribution is 5.94. The summed E-state index contributed by atoms with van der Waals surface area (Å²) >= 11 is 0. The molecule has 146 valence electrons. The van der Waals surface area contributed by atoms with Gasteiger partial charge in [-0.25, -0.2) is 8.78 Å². The first-order valence-electron chi connectivity index (χ1n) is 8.81. The lowest BCUT2D eigenvalue weighted by atomic mass is 10.1. The summed E-state index contributed by atoms with van der Waals surface area (Å²) in [6, 6.07) is 9.81. The van der Waals surface area contributed by atoms with Gasteiger partial charge in [-0.1, -0.05) is 12.1 Å². The quantitative estimate of drug-likeness (QED) is 0.696. The number of hydrogen-bond donors (Lipinski definition) is 1. The second-order valence-corrected chi connectivity index (χ2v) is 6.57. The molecule has 1 atom stereocenters. The second kappa shape index (κ2) is 8.21. The smallest absolute Gasteiger partial charge is 0.251 e. The Morgan fingerprint density at radius 1 is 1.25 bits per heavy atom. The average molecular weight is 385 g/mol. The van der Waals surface area contributed by atoms with Gasteiger partial charge >= 0.3 is 0 Å². The number of amides is 1. The summed E-state index contributed by atoms with van der Waals surface area (Å²) in [5.41, 5.74) is 3.09. The molecule has 1 aromatic heterocycles. The number of halogens is 2. The van der Waals surface area contributed by atoms with Crippen LogP contribution in [0.5, 0.6) is 5.75 Å². The topological polar surface area (TPSA) is 56.1 Å². The maximum Gasteiger partial charge on any atom is 0.251 e. The first kappa shape index (κ1) is 19.5. The Bertz CT molecular complexity index is 1000. The second-order valence-electron chi connectivity index (χ2n) is 6.57. The lowest BCUT2D eigenvalue weighted by molar-refractivity contribution is 0.0939. The van der Waals surface area contributed by atoms with Gasteiger partial charge in [-0.3, -0.25) is 9.48 Å². The molecule has 0 spiro atoms. The lowest BCUT2D eigenvalue weighted by Gasteiger charge is -2.14. The fourth-order valence-corrected chi connectivity index (χ4v) is 2.85. The van der Waals surface area contributed by atoms with Gasteiger partial charge < -0.3 is 10.1 Å². The summed E-state index contributed by atoms with van der Waals surface area (Å²) in [4.78, 5) is 12.6. The van der Waals surface area contributed by atoms with Gasteiger partial charge in [0.05, 0.1) is 12.2 Å². The van der Waals surface area contributed by atoms with E-state index in [9.17, 15) is 13.6 Å². The number of carbonyl (C=O) groups excluding carboxylic acids is 1. The normalized spacial score (nSPS) is 11.9. The van der Waals surface area contributed by atoms with Crippen molar-refractivity contribution in [2.45, 2.75) is 26.5 Å². The van der Waals surface area contributed by atoms with E-state index in [1.54, 1.807) is 35.1 Å². The number of aromatic nitrogens is 2. The summed E-state index contributed by atoms with van der Waals surface area (Å²) in [7, 11) is 1.85. The zero-order chi connectivity index (χ0) is 20.3. The Balaban J connectivity index is 1.66. The Kier molecular flexibility index (Phi) is 5.73. The first-order chi connectivity index (χ1) is 13.3. The van der Waals surface area contributed by atoms with Crippen molar-refractivity contribution in [3.63, 3.8) is 0 Å². The van der Waals surface area contributed by atoms with Gasteiger partial charge in [0.2, 0.25) is 0 Å². The van der Waals surface area contributed by atoms with Crippen LogP contribution in [0.15, 0.2) is 48.7 Å². The van der Waals surface area contributed by atoms with Crippen LogP contribution in [0.25, 0.3) is 0 Å². The van der Waals surface area contributed by atoms with Crippen molar-refractivity contribution in [2.24, 2.45) is 7.05 Å². The SMILES string of the molecule is Cc1c(C(C)NC(=O)c2cccc(COc3ccc(F)cc3F)c2)cnn1C. The number of benzene rings is 2. The maximum atomic E-state index is 13.7. The minimum Gasteiger partial charge on any atom is -0.486 e. The predicted molar refractivity (Wildman–Crippen MR) is 101 cm³/mol. The number of ether oxygens (including phenoxy) is 1. The monoisotopic (exact) mass is 385 g/mol. The third kappa shape index (κ3) is 4.36. The summed E-state index contributed by atoms with van der Waals surface area (Å²) in [6.45, 7) is 3.89. The van der Waals surface area contributed by atoms with Crippen LogP contribution in [-0.2, 0) is 13.7 Å². The zero-order valence-corrected chi connectivity index (χ0v) is 15.9. The zero-order valence-electron chi connectivity index (χ0n) is 15.9. The molecule has 1 amide bonds. The minimum atomic E-state index is -0.769. The molecule has 1 unspecified atom stereocenters. The van der Waals surface area contributed by atoms with E-state index in [0.717, 1.165) is 23.4 Å². The van der Waals surface area contributed by atoms with Gasteiger partial charge in [-0.15, -0.1) is 0 Å². The van der Waals surface area contributed by atoms with Crippen molar-refractivity contribution >= 4 is 5.91 Å². The maximum absolute atomic E-state index is 13.7. The molecule has 0 aliphatic carbocycles. The van der Waals surface area contributed by atoms with Gasteiger partial charge in [-0.2, -0.15) is 5.10 Å². The van der Waals surface area contributed by atoms with Crippen LogP contribution in [0.3, 0.4) is 0 Å². The van der Waals surface area contributed by atoms with E-state index in [1.165, 1.54) is 6.07 Å². The fourth-order valence-electron chi connectivity index (χ4n) is 2.85. The van der Waals surface area contributed by atoms with Crippen LogP contribution < -0.4 is 10.1 Å². The summed E-state index contributed by atoms with van der Waals surface area (Å²) in [6.07, 6.45) is 1.74. The van der Waals surface area contributed by atoms with Crippen LogP contribution in [0.4, 0.5) is 8.78 Å². The molecular weight excluding hydrogens is 364 g/mol. The molecule has 3 aromatic rings. The molecule has 0 aliphatic heterocycles. The highest BCUT2D eigenvalue weighted by Crippen LogP contribution is 2.20. The van der Waals surface area contributed by atoms with E-state index in [-0.39, 0.29) is 24.3 Å². The molecule has 2 aromatic carbocycles. The van der Waals surface area contributed by atoms with E-state index in [4.69, 9.17) is 4.74 Å². The Hall–Kier alpha value is -3.22. The minimum absolute atomic E-state index is 0.0445. The highest BCUT2D eigenvalue weighted by atomic mass is 19.1. The molecule has 0 bridgehead atoms. The van der Waals surface area contributed by atoms with Gasteiger partial charge in [0, 0.05) is 29.9 Å². The summed E-state index contributed by atoms with van der Waals surface area (Å²) in [5.74, 6) is -1.71. The number of carbonyl (C=O) groups is 1. The molecule has 0 fully saturated rings. The van der Waals surface area contributed by atoms with Gasteiger partial charge in [0.1, 0.15) is 12.4 Å². The molecule has 0 radical (unpaired) electrons. The Labute approximate surface area is 161 Å². The standard InChI is InChI=1S/C21H21F2N3O2/c1-13(18-11-24-26(3)14(18)2)25-21(27)16-6-4-5-15(9-16)12-28-20-8-7-17(22)10-19(20)23/h4-11,13H,12H2,1-3H3,(H,25,27). The third-order valence-electron chi connectivity index (χ3n) is 4.56. The largest absolute Gasteiger partial charge is 0.486 e. The predicted octanol–water partition coefficient (Wildman–Crippen LogP) is 4.08. The van der Waals surface area contributed by atoms with E-state index < -0.39 is 11.6 Å². The molecule has 3 rings (SSSR count). The molecule has 1 heterocycles. The van der Waals surface area contributed by atoms with Crippen molar-refractivity contribution in [1.82, 2.24) is 15.1 Å². The molecule has 28 heavy (non-hydrogen) atoms. The van der Waals surface area contributed by atoms with Gasteiger partial charge in [0.25, 0.3) is 5.91 Å². The van der Waals surface area contributed by atoms with Gasteiger partial charge in [-0.05, 0) is 43.7 Å². The Morgan fingerprint density at radius 2 is 2.04 bits per heavy atom. The van der Waals surface area contributed by atoms with Crippen molar-refractivity contribution < 1.29 is 18.3 Å². The van der Waals surface area contributed by atoms with Crippen LogP contribution >= 0.6 is 0 Å². The molecule has 0 aliphatic rings. The lowest BCUT2D eigenvalue weighted by Crippen LogP contribution is -2.27. The molecule has 0 saturated carbocycles. The number of rotatable bonds is 6. The third-order valence-corrected chi connectivity index (χ3v) is 4.56. The molecule has 5 nitrogen and oxygen atoms in total. The summed E-state index contributed by atoms with van der Waals surface area (Å²) < 4.78 is 33.8. The number of nitrogens with zero attached hydrogens (tertiary/aromatic N) is 2. The Morgan fingerprint density at radius 3 is 2.71 bits per heavy atom. The van der Waals surface area contributed by atoms with Crippen LogP contribution in [0.2, 0.25) is 0 Å². The molecule has 0 saturated heterocycles.